The second kappa shape index (κ2) is 4.87. The quantitative estimate of drug-likeness (QED) is 0.883. The van der Waals surface area contributed by atoms with Gasteiger partial charge in [-0.1, -0.05) is 12.8 Å². The first kappa shape index (κ1) is 13.1. The molecule has 1 aliphatic carbocycles. The van der Waals surface area contributed by atoms with Gasteiger partial charge in [0.15, 0.2) is 0 Å². The molecule has 20 heavy (non-hydrogen) atoms. The topological polar surface area (TPSA) is 58.9 Å². The minimum atomic E-state index is -0.400. The fourth-order valence-electron chi connectivity index (χ4n) is 2.91. The van der Waals surface area contributed by atoms with Gasteiger partial charge in [-0.05, 0) is 54.3 Å². The zero-order chi connectivity index (χ0) is 14.2. The van der Waals surface area contributed by atoms with Crippen LogP contribution in [-0.4, -0.2) is 4.98 Å². The zero-order valence-electron chi connectivity index (χ0n) is 11.2. The third-order valence-corrected chi connectivity index (χ3v) is 4.07. The largest absolute Gasteiger partial charge is 0.322 e. The van der Waals surface area contributed by atoms with Crippen molar-refractivity contribution in [1.82, 2.24) is 4.98 Å². The van der Waals surface area contributed by atoms with E-state index in [1.165, 1.54) is 12.1 Å². The smallest absolute Gasteiger partial charge is 0.248 e. The van der Waals surface area contributed by atoms with E-state index in [4.69, 9.17) is 5.73 Å². The van der Waals surface area contributed by atoms with E-state index in [-0.39, 0.29) is 11.4 Å². The number of pyridine rings is 1. The highest BCUT2D eigenvalue weighted by Crippen LogP contribution is 2.36. The van der Waals surface area contributed by atoms with Crippen LogP contribution in [0.5, 0.6) is 0 Å². The van der Waals surface area contributed by atoms with Gasteiger partial charge in [-0.3, -0.25) is 4.79 Å². The van der Waals surface area contributed by atoms with Crippen molar-refractivity contribution in [2.45, 2.75) is 31.2 Å². The number of hydrogen-bond acceptors (Lipinski definition) is 2. The summed E-state index contributed by atoms with van der Waals surface area (Å²) in [7, 11) is 0. The van der Waals surface area contributed by atoms with E-state index < -0.39 is 5.54 Å². The van der Waals surface area contributed by atoms with Gasteiger partial charge >= 0.3 is 0 Å². The molecule has 0 radical (unpaired) electrons. The van der Waals surface area contributed by atoms with Crippen molar-refractivity contribution in [2.75, 3.05) is 0 Å². The van der Waals surface area contributed by atoms with Crippen LogP contribution in [-0.2, 0) is 5.54 Å². The summed E-state index contributed by atoms with van der Waals surface area (Å²) >= 11 is 0. The number of H-pyrrole nitrogens is 1. The van der Waals surface area contributed by atoms with Gasteiger partial charge in [-0.2, -0.15) is 0 Å². The Morgan fingerprint density at radius 3 is 2.40 bits per heavy atom. The highest BCUT2D eigenvalue weighted by Gasteiger charge is 2.31. The van der Waals surface area contributed by atoms with Gasteiger partial charge in [0, 0.05) is 17.3 Å². The number of halogens is 1. The van der Waals surface area contributed by atoms with Crippen molar-refractivity contribution >= 4 is 0 Å². The normalized spacial score (nSPS) is 17.3. The maximum Gasteiger partial charge on any atom is 0.248 e. The molecule has 1 saturated carbocycles. The summed E-state index contributed by atoms with van der Waals surface area (Å²) in [4.78, 5) is 14.7. The highest BCUT2D eigenvalue weighted by atomic mass is 19.1. The summed E-state index contributed by atoms with van der Waals surface area (Å²) in [5.41, 5.74) is 8.18. The molecule has 4 heteroatoms. The third kappa shape index (κ3) is 2.39. The van der Waals surface area contributed by atoms with Crippen LogP contribution in [0.1, 0.15) is 31.2 Å². The summed E-state index contributed by atoms with van der Waals surface area (Å²) in [6.45, 7) is 0. The van der Waals surface area contributed by atoms with Crippen LogP contribution >= 0.6 is 0 Å². The van der Waals surface area contributed by atoms with Crippen LogP contribution in [0.3, 0.4) is 0 Å². The monoisotopic (exact) mass is 272 g/mol. The molecule has 0 bridgehead atoms. The lowest BCUT2D eigenvalue weighted by atomic mass is 9.89. The van der Waals surface area contributed by atoms with Crippen molar-refractivity contribution in [2.24, 2.45) is 5.73 Å². The van der Waals surface area contributed by atoms with Gasteiger partial charge in [-0.15, -0.1) is 0 Å². The molecule has 1 fully saturated rings. The van der Waals surface area contributed by atoms with Gasteiger partial charge in [0.1, 0.15) is 5.82 Å². The molecule has 3 nitrogen and oxygen atoms in total. The molecular formula is C16H17FN2O. The molecule has 0 spiro atoms. The van der Waals surface area contributed by atoms with Crippen LogP contribution in [0.25, 0.3) is 11.3 Å². The average Bonchev–Trinajstić information content (AvgIpc) is 2.87. The van der Waals surface area contributed by atoms with Crippen LogP contribution in [0, 0.1) is 5.82 Å². The van der Waals surface area contributed by atoms with Gasteiger partial charge in [0.25, 0.3) is 0 Å². The predicted molar refractivity (Wildman–Crippen MR) is 76.8 cm³/mol. The van der Waals surface area contributed by atoms with Crippen molar-refractivity contribution in [1.29, 1.82) is 0 Å². The Labute approximate surface area is 116 Å². The lowest BCUT2D eigenvalue weighted by molar-refractivity contribution is 0.461. The minimum absolute atomic E-state index is 0.168. The maximum absolute atomic E-state index is 13.0. The summed E-state index contributed by atoms with van der Waals surface area (Å²) in [6.07, 6.45) is 3.99. The van der Waals surface area contributed by atoms with Gasteiger partial charge in [-0.25, -0.2) is 4.39 Å². The minimum Gasteiger partial charge on any atom is -0.322 e. The molecule has 104 valence electrons. The van der Waals surface area contributed by atoms with Crippen LogP contribution in [0.2, 0.25) is 0 Å². The SMILES string of the molecule is NC1(c2cc(-c3ccc(F)cc3)[nH]c(=O)c2)CCCC1. The first-order valence-electron chi connectivity index (χ1n) is 6.86. The van der Waals surface area contributed by atoms with E-state index in [1.807, 2.05) is 6.07 Å². The summed E-state index contributed by atoms with van der Waals surface area (Å²) < 4.78 is 13.0. The standard InChI is InChI=1S/C16H17FN2O/c17-13-5-3-11(4-6-13)14-9-12(10-15(20)19-14)16(18)7-1-2-8-16/h3-6,9-10H,1-2,7-8,18H2,(H,19,20). The molecule has 0 amide bonds. The van der Waals surface area contributed by atoms with Gasteiger partial charge in [0.05, 0.1) is 0 Å². The second-order valence-corrected chi connectivity index (χ2v) is 5.52. The van der Waals surface area contributed by atoms with Crippen LogP contribution in [0.4, 0.5) is 4.39 Å². The van der Waals surface area contributed by atoms with E-state index >= 15 is 0 Å². The van der Waals surface area contributed by atoms with Crippen molar-refractivity contribution < 1.29 is 4.39 Å². The second-order valence-electron chi connectivity index (χ2n) is 5.52. The summed E-state index contributed by atoms with van der Waals surface area (Å²) in [5, 5.41) is 0. The Morgan fingerprint density at radius 1 is 1.10 bits per heavy atom. The predicted octanol–water partition coefficient (Wildman–Crippen LogP) is 2.91. The Balaban J connectivity index is 2.07. The first-order valence-corrected chi connectivity index (χ1v) is 6.86. The maximum atomic E-state index is 13.0. The zero-order valence-corrected chi connectivity index (χ0v) is 11.2. The number of nitrogens with two attached hydrogens (primary N) is 1. The number of rotatable bonds is 2. The molecule has 2 aromatic rings. The van der Waals surface area contributed by atoms with Crippen molar-refractivity contribution in [3.63, 3.8) is 0 Å². The Hall–Kier alpha value is -1.94. The Morgan fingerprint density at radius 2 is 1.75 bits per heavy atom. The Kier molecular flexibility index (Phi) is 3.18. The molecule has 0 saturated heterocycles. The molecule has 0 aliphatic heterocycles. The lowest BCUT2D eigenvalue weighted by Crippen LogP contribution is -2.34. The van der Waals surface area contributed by atoms with E-state index in [0.29, 0.717) is 5.69 Å². The molecule has 1 aromatic carbocycles. The summed E-state index contributed by atoms with van der Waals surface area (Å²) in [5.74, 6) is -0.293. The molecule has 1 heterocycles. The van der Waals surface area contributed by atoms with Gasteiger partial charge < -0.3 is 10.7 Å². The Bertz CT molecular complexity index is 670. The average molecular weight is 272 g/mol. The molecule has 0 unspecified atom stereocenters. The van der Waals surface area contributed by atoms with Crippen molar-refractivity contribution in [3.8, 4) is 11.3 Å². The van der Waals surface area contributed by atoms with E-state index in [0.717, 1.165) is 36.8 Å². The summed E-state index contributed by atoms with van der Waals surface area (Å²) in [6, 6.07) is 9.57. The number of aromatic nitrogens is 1. The molecule has 3 N–H and O–H groups in total. The number of aromatic amines is 1. The third-order valence-electron chi connectivity index (χ3n) is 4.07. The van der Waals surface area contributed by atoms with Gasteiger partial charge in [0.2, 0.25) is 5.56 Å². The molecular weight excluding hydrogens is 255 g/mol. The van der Waals surface area contributed by atoms with Crippen molar-refractivity contribution in [3.05, 3.63) is 58.1 Å². The van der Waals surface area contributed by atoms with E-state index in [2.05, 4.69) is 4.98 Å². The molecule has 1 aliphatic rings. The van der Waals surface area contributed by atoms with E-state index in [1.54, 1.807) is 18.2 Å². The fourth-order valence-corrected chi connectivity index (χ4v) is 2.91. The molecule has 1 aromatic heterocycles. The fraction of sp³-hybridized carbons (Fsp3) is 0.312. The number of hydrogen-bond donors (Lipinski definition) is 2. The number of nitrogens with one attached hydrogen (secondary N) is 1. The molecule has 3 rings (SSSR count). The lowest BCUT2D eigenvalue weighted by Gasteiger charge is -2.24. The number of benzene rings is 1. The van der Waals surface area contributed by atoms with Crippen LogP contribution < -0.4 is 11.3 Å². The molecule has 0 atom stereocenters. The first-order chi connectivity index (χ1) is 9.57. The van der Waals surface area contributed by atoms with E-state index in [9.17, 15) is 9.18 Å². The highest BCUT2D eigenvalue weighted by molar-refractivity contribution is 5.60. The van der Waals surface area contributed by atoms with Crippen LogP contribution in [0.15, 0.2) is 41.2 Å².